The number of nitrogens with zero attached hydrogens (tertiary/aromatic N) is 1. The highest BCUT2D eigenvalue weighted by atomic mass is 33.5. The van der Waals surface area contributed by atoms with E-state index in [1.807, 2.05) is 5.34 Å². The van der Waals surface area contributed by atoms with Crippen molar-refractivity contribution in [1.82, 2.24) is 0 Å². The van der Waals surface area contributed by atoms with Gasteiger partial charge in [-0.25, -0.2) is 8.42 Å². The van der Waals surface area contributed by atoms with Gasteiger partial charge in [0.15, 0.2) is 5.34 Å². The van der Waals surface area contributed by atoms with Crippen LogP contribution in [0, 0.1) is 112 Å². The first-order valence-electron chi connectivity index (χ1n) is 16.0. The summed E-state index contributed by atoms with van der Waals surface area (Å²) < 4.78 is 31.2. The van der Waals surface area contributed by atoms with Gasteiger partial charge in [0.25, 0.3) is 0 Å². The molecule has 0 saturated carbocycles. The van der Waals surface area contributed by atoms with E-state index < -0.39 is 10.1 Å². The molecule has 0 spiro atoms. The van der Waals surface area contributed by atoms with Crippen LogP contribution in [0.3, 0.4) is 0 Å². The molecule has 3 N–H and O–H groups in total. The third-order valence-electron chi connectivity index (χ3n) is 5.29. The van der Waals surface area contributed by atoms with Crippen molar-refractivity contribution < 1.29 is 28.0 Å². The van der Waals surface area contributed by atoms with E-state index in [0.29, 0.717) is 6.26 Å². The van der Waals surface area contributed by atoms with Crippen molar-refractivity contribution in [2.24, 2.45) is 5.34 Å². The maximum Gasteiger partial charge on any atom is 0.191 e. The first-order valence-corrected chi connectivity index (χ1v) is 20.9. The molecule has 0 amide bonds. The average Bonchev–Trinajstić information content (AvgIpc) is 3.08. The number of unbranched alkanes of at least 4 members (excludes halogenated alkanes) is 15. The van der Waals surface area contributed by atoms with Gasteiger partial charge in [0, 0.05) is 16.1 Å². The Morgan fingerprint density at radius 1 is 0.660 bits per heavy atom. The summed E-state index contributed by atoms with van der Waals surface area (Å²) in [6, 6.07) is 0. The van der Waals surface area contributed by atoms with E-state index in [2.05, 4.69) is 134 Å². The minimum atomic E-state index is -3.92. The van der Waals surface area contributed by atoms with Crippen LogP contribution in [0.5, 0.6) is 0 Å². The molecule has 0 atom stereocenters. The Kier molecular flexibility index (Phi) is 55.4. The zero-order valence-corrected chi connectivity index (χ0v) is 32.7. The Bertz CT molecular complexity index is 1490. The van der Waals surface area contributed by atoms with Crippen molar-refractivity contribution in [3.05, 3.63) is 4.91 Å². The zero-order valence-electron chi connectivity index (χ0n) is 29.4. The second-order valence-corrected chi connectivity index (χ2v) is 13.5. The molecule has 0 bridgehead atoms. The molecule has 0 aliphatic heterocycles. The molecule has 8 nitrogen and oxygen atoms in total. The quantitative estimate of drug-likeness (QED) is 0.0155. The highest BCUT2D eigenvalue weighted by Gasteiger charge is 1.94. The summed E-state index contributed by atoms with van der Waals surface area (Å²) >= 11 is 4.42. The minimum absolute atomic E-state index is 0.604. The van der Waals surface area contributed by atoms with Gasteiger partial charge < -0.3 is 10.3 Å². The minimum Gasteiger partial charge on any atom is -0.748 e. The van der Waals surface area contributed by atoms with Crippen LogP contribution in [-0.4, -0.2) is 25.8 Å². The number of hydrogen-bond donors (Lipinski definition) is 2. The van der Waals surface area contributed by atoms with Gasteiger partial charge in [-0.05, 0) is 114 Å². The Morgan fingerprint density at radius 3 is 1.22 bits per heavy atom. The lowest BCUT2D eigenvalue weighted by Gasteiger charge is -2.03. The lowest BCUT2D eigenvalue weighted by Crippen LogP contribution is -2.50. The largest absolute Gasteiger partial charge is 0.748 e. The number of rotatable bonds is 20. The molecule has 0 saturated heterocycles. The molecule has 0 aromatic carbocycles. The summed E-state index contributed by atoms with van der Waals surface area (Å²) in [5, 5.41) is 1.93. The molecule has 0 heterocycles. The van der Waals surface area contributed by atoms with Gasteiger partial charge in [-0.15, -0.1) is 11.3 Å². The number of hydrogen-bond acceptors (Lipinski definition) is 10. The van der Waals surface area contributed by atoms with Gasteiger partial charge in [-0.3, -0.25) is 0 Å². The second kappa shape index (κ2) is 52.1. The van der Waals surface area contributed by atoms with E-state index in [9.17, 15) is 0 Å². The topological polar surface area (TPSA) is 133 Å². The molecule has 0 radical (unpaired) electrons. The molecule has 0 aromatic heterocycles. The summed E-state index contributed by atoms with van der Waals surface area (Å²) in [4.78, 5) is 12.6. The third kappa shape index (κ3) is 79.6. The molecule has 270 valence electrons. The van der Waals surface area contributed by atoms with Crippen molar-refractivity contribution in [2.45, 2.75) is 117 Å². The fraction of sp³-hybridized carbons (Fsp3) is 0.526. The molecule has 0 unspecified atom stereocenters. The van der Waals surface area contributed by atoms with Crippen LogP contribution in [0.15, 0.2) is 5.34 Å². The molecule has 0 aromatic rings. The monoisotopic (exact) mass is 756 g/mol. The summed E-state index contributed by atoms with van der Waals surface area (Å²) in [7, 11) is -2.91. The summed E-state index contributed by atoms with van der Waals surface area (Å²) in [6.45, 7) is 5.12. The zero-order chi connectivity index (χ0) is 38.1. The maximum absolute atomic E-state index is 9.08. The van der Waals surface area contributed by atoms with Crippen LogP contribution < -0.4 is 5.73 Å². The fourth-order valence-corrected chi connectivity index (χ4v) is 3.71. The SMILES string of the molecule is C#CC#CC#CC#CC#CC#CC#CC#CC#CC.CCCCCCCCCCCCCCCCCC[NH3+].CS(=O)(=O)[O-].O=NOOSSS. The highest BCUT2D eigenvalue weighted by molar-refractivity contribution is 9.04. The van der Waals surface area contributed by atoms with Gasteiger partial charge in [-0.2, -0.15) is 4.99 Å². The third-order valence-corrected chi connectivity index (χ3v) is 6.37. The molecular weight excluding hydrogens is 709 g/mol. The predicted molar refractivity (Wildman–Crippen MR) is 212 cm³/mol. The van der Waals surface area contributed by atoms with Crippen molar-refractivity contribution in [2.75, 3.05) is 12.8 Å². The van der Waals surface area contributed by atoms with Gasteiger partial charge in [0.2, 0.25) is 0 Å². The number of terminal acetylenes is 1. The summed E-state index contributed by atoms with van der Waals surface area (Å²) in [5.41, 5.74) is 3.89. The highest BCUT2D eigenvalue weighted by Crippen LogP contribution is 2.25. The summed E-state index contributed by atoms with van der Waals surface area (Å²) in [6.07, 6.45) is 28.7. The maximum atomic E-state index is 9.08. The standard InChI is InChI=1S/C19H4.C18H39N.CH4O3S.HNO3S3/c1-3-5-7-9-11-13-15-17-19-18-16-14-12-10-8-6-4-2;1-2-3-4-5-6-7-8-9-10-11-12-13-14-15-16-17-18-19;1-5(2,3)4;2-1-3-4-6-7-5/h1H,2H3;2-19H2,1H3;1H3,(H,2,3,4);5H. The number of quaternary nitrogens is 1. The van der Waals surface area contributed by atoms with E-state index >= 15 is 0 Å². The summed E-state index contributed by atoms with van der Waals surface area (Å²) in [5.74, 6) is 41.9. The Morgan fingerprint density at radius 2 is 0.960 bits per heavy atom. The van der Waals surface area contributed by atoms with Crippen molar-refractivity contribution in [3.63, 3.8) is 0 Å². The van der Waals surface area contributed by atoms with Crippen LogP contribution in [0.4, 0.5) is 0 Å². The van der Waals surface area contributed by atoms with E-state index in [4.69, 9.17) is 24.3 Å². The lowest BCUT2D eigenvalue weighted by atomic mass is 10.0. The van der Waals surface area contributed by atoms with Gasteiger partial charge in [0.1, 0.15) is 11.1 Å². The normalized spacial score (nSPS) is 7.94. The first-order chi connectivity index (χ1) is 24.2. The lowest BCUT2D eigenvalue weighted by molar-refractivity contribution is -0.368. The van der Waals surface area contributed by atoms with Crippen LogP contribution in [-0.2, 0) is 19.4 Å². The fourth-order valence-electron chi connectivity index (χ4n) is 3.27. The Labute approximate surface area is 315 Å². The Hall–Kier alpha value is -3.68. The Balaban J connectivity index is -0.000000320. The smallest absolute Gasteiger partial charge is 0.191 e. The van der Waals surface area contributed by atoms with Gasteiger partial charge >= 0.3 is 0 Å². The predicted octanol–water partition coefficient (Wildman–Crippen LogP) is 7.08. The van der Waals surface area contributed by atoms with E-state index in [1.54, 1.807) is 6.92 Å². The van der Waals surface area contributed by atoms with Crippen molar-refractivity contribution in [1.29, 1.82) is 0 Å². The molecule has 0 fully saturated rings. The average molecular weight is 757 g/mol. The second-order valence-electron chi connectivity index (χ2n) is 9.49. The van der Waals surface area contributed by atoms with Gasteiger partial charge in [-0.1, -0.05) is 119 Å². The molecule has 50 heavy (non-hydrogen) atoms. The molecule has 0 rings (SSSR count). The molecule has 0 aliphatic carbocycles. The van der Waals surface area contributed by atoms with Gasteiger partial charge in [0.05, 0.1) is 16.7 Å². The van der Waals surface area contributed by atoms with E-state index in [-0.39, 0.29) is 0 Å². The number of thiol groups is 1. The first kappa shape index (κ1) is 53.1. The molecule has 12 heteroatoms. The van der Waals surface area contributed by atoms with Crippen LogP contribution >= 0.6 is 32.6 Å². The van der Waals surface area contributed by atoms with Crippen molar-refractivity contribution in [3.8, 4) is 107 Å². The van der Waals surface area contributed by atoms with Crippen molar-refractivity contribution >= 4 is 42.7 Å². The van der Waals surface area contributed by atoms with Crippen LogP contribution in [0.25, 0.3) is 0 Å². The molecular formula is C38H48N2O6S4. The van der Waals surface area contributed by atoms with E-state index in [0.717, 1.165) is 27.4 Å². The van der Waals surface area contributed by atoms with E-state index in [1.165, 1.54) is 103 Å². The van der Waals surface area contributed by atoms with Crippen LogP contribution in [0.2, 0.25) is 0 Å². The van der Waals surface area contributed by atoms with Crippen LogP contribution in [0.1, 0.15) is 117 Å². The molecule has 0 aliphatic rings.